The molecule has 3 aromatic carbocycles. The van der Waals surface area contributed by atoms with Gasteiger partial charge in [0.05, 0.1) is 39.8 Å². The largest absolute Gasteiger partial charge is 0.507 e. The predicted octanol–water partition coefficient (Wildman–Crippen LogP) is 5.64. The van der Waals surface area contributed by atoms with Crippen LogP contribution in [0.25, 0.3) is 6.08 Å². The molecule has 5 rings (SSSR count). The summed E-state index contributed by atoms with van der Waals surface area (Å²) in [5.74, 6) is -0.544. The molecule has 8 nitrogen and oxygen atoms in total. The second-order valence-electron chi connectivity index (χ2n) is 8.85. The van der Waals surface area contributed by atoms with E-state index < -0.39 is 12.0 Å². The molecule has 0 fully saturated rings. The zero-order valence-corrected chi connectivity index (χ0v) is 23.7. The molecule has 0 amide bonds. The van der Waals surface area contributed by atoms with Crippen LogP contribution in [0.3, 0.4) is 0 Å². The standard InChI is InChI=1S/C30H26N4O4S2/c1-4-38-29(37)26-18(2)31-30-34(27(26)19-11-14-23(39-3)15-12-19)28(36)25(40-30)16-20-10-13-22(17-24(20)35)33-32-21-8-6-5-7-9-21/h5-17,27,35H,4H2,1-3H3/b25-16-,33-32?/t27-/m1/s1. The number of hydrogen-bond acceptors (Lipinski definition) is 9. The van der Waals surface area contributed by atoms with Crippen LogP contribution in [0.15, 0.2) is 109 Å². The summed E-state index contributed by atoms with van der Waals surface area (Å²) in [5.41, 5.74) is 2.91. The summed E-state index contributed by atoms with van der Waals surface area (Å²) < 4.78 is 7.25. The van der Waals surface area contributed by atoms with Gasteiger partial charge in [-0.2, -0.15) is 10.2 Å². The highest BCUT2D eigenvalue weighted by Crippen LogP contribution is 2.32. The number of allylic oxidation sites excluding steroid dienone is 1. The van der Waals surface area contributed by atoms with Gasteiger partial charge in [-0.25, -0.2) is 9.79 Å². The van der Waals surface area contributed by atoms with E-state index in [4.69, 9.17) is 4.74 Å². The fourth-order valence-electron chi connectivity index (χ4n) is 4.36. The molecule has 1 atom stereocenters. The zero-order valence-electron chi connectivity index (χ0n) is 22.1. The summed E-state index contributed by atoms with van der Waals surface area (Å²) in [5, 5.41) is 19.1. The van der Waals surface area contributed by atoms with Gasteiger partial charge in [-0.05, 0) is 68.1 Å². The van der Waals surface area contributed by atoms with Gasteiger partial charge < -0.3 is 9.84 Å². The number of aromatic nitrogens is 1. The van der Waals surface area contributed by atoms with Gasteiger partial charge in [0.1, 0.15) is 5.75 Å². The number of aromatic hydroxyl groups is 1. The number of hydrogen-bond donors (Lipinski definition) is 1. The number of thioether (sulfide) groups is 1. The number of phenols is 1. The Labute approximate surface area is 238 Å². The Morgan fingerprint density at radius 1 is 1.10 bits per heavy atom. The van der Waals surface area contributed by atoms with Gasteiger partial charge >= 0.3 is 5.97 Å². The highest BCUT2D eigenvalue weighted by atomic mass is 32.2. The van der Waals surface area contributed by atoms with E-state index in [0.717, 1.165) is 10.5 Å². The Kier molecular flexibility index (Phi) is 8.09. The molecule has 1 N–H and O–H groups in total. The molecule has 0 bridgehead atoms. The van der Waals surface area contributed by atoms with Crippen molar-refractivity contribution in [2.75, 3.05) is 12.9 Å². The fraction of sp³-hybridized carbons (Fsp3) is 0.167. The molecule has 1 aliphatic heterocycles. The van der Waals surface area contributed by atoms with E-state index in [1.54, 1.807) is 43.8 Å². The molecule has 0 unspecified atom stereocenters. The van der Waals surface area contributed by atoms with Crippen molar-refractivity contribution in [1.82, 2.24) is 4.57 Å². The fourth-order valence-corrected chi connectivity index (χ4v) is 5.81. The van der Waals surface area contributed by atoms with Crippen LogP contribution in [-0.4, -0.2) is 28.5 Å². The number of phenolic OH excluding ortho intramolecular Hbond substituents is 1. The Morgan fingerprint density at radius 3 is 2.50 bits per heavy atom. The number of carbonyl (C=O) groups is 1. The van der Waals surface area contributed by atoms with Gasteiger partial charge in [0.15, 0.2) is 4.80 Å². The van der Waals surface area contributed by atoms with Crippen molar-refractivity contribution in [2.45, 2.75) is 24.8 Å². The SMILES string of the molecule is CCOC(=O)C1=C(C)N=c2s/c(=C\c3ccc(N=Nc4ccccc4)cc3O)c(=O)n2[C@@H]1c1ccc(SC)cc1. The van der Waals surface area contributed by atoms with Gasteiger partial charge in [-0.3, -0.25) is 9.36 Å². The number of ether oxygens (including phenoxy) is 1. The highest BCUT2D eigenvalue weighted by Gasteiger charge is 2.33. The van der Waals surface area contributed by atoms with Crippen LogP contribution < -0.4 is 14.9 Å². The van der Waals surface area contributed by atoms with Crippen molar-refractivity contribution in [3.8, 4) is 5.75 Å². The first-order valence-electron chi connectivity index (χ1n) is 12.5. The number of rotatable bonds is 7. The highest BCUT2D eigenvalue weighted by molar-refractivity contribution is 7.98. The second kappa shape index (κ2) is 11.8. The van der Waals surface area contributed by atoms with Gasteiger partial charge in [-0.1, -0.05) is 41.7 Å². The summed E-state index contributed by atoms with van der Waals surface area (Å²) in [6.07, 6.45) is 3.61. The Balaban J connectivity index is 1.57. The van der Waals surface area contributed by atoms with Gasteiger partial charge in [0, 0.05) is 16.5 Å². The van der Waals surface area contributed by atoms with Crippen LogP contribution in [-0.2, 0) is 9.53 Å². The zero-order chi connectivity index (χ0) is 28.2. The first-order chi connectivity index (χ1) is 19.4. The number of carbonyl (C=O) groups excluding carboxylic acids is 1. The minimum absolute atomic E-state index is 0.0389. The predicted molar refractivity (Wildman–Crippen MR) is 157 cm³/mol. The molecule has 0 saturated heterocycles. The van der Waals surface area contributed by atoms with Crippen LogP contribution in [0.1, 0.15) is 31.0 Å². The molecule has 4 aromatic rings. The topological polar surface area (TPSA) is 106 Å². The molecule has 0 aliphatic carbocycles. The lowest BCUT2D eigenvalue weighted by atomic mass is 9.96. The first kappa shape index (κ1) is 27.3. The van der Waals surface area contributed by atoms with Crippen molar-refractivity contribution >= 4 is 46.5 Å². The summed E-state index contributed by atoms with van der Waals surface area (Å²) in [6.45, 7) is 3.70. The van der Waals surface area contributed by atoms with Crippen LogP contribution in [0, 0.1) is 0 Å². The molecule has 2 heterocycles. The molecule has 0 saturated carbocycles. The van der Waals surface area contributed by atoms with Gasteiger partial charge in [0.25, 0.3) is 5.56 Å². The quantitative estimate of drug-likeness (QED) is 0.176. The third kappa shape index (κ3) is 5.54. The summed E-state index contributed by atoms with van der Waals surface area (Å²) in [7, 11) is 0. The average molecular weight is 571 g/mol. The van der Waals surface area contributed by atoms with E-state index in [0.29, 0.717) is 37.5 Å². The van der Waals surface area contributed by atoms with E-state index in [9.17, 15) is 14.7 Å². The van der Waals surface area contributed by atoms with E-state index in [1.165, 1.54) is 22.0 Å². The van der Waals surface area contributed by atoms with E-state index >= 15 is 0 Å². The minimum Gasteiger partial charge on any atom is -0.507 e. The monoisotopic (exact) mass is 570 g/mol. The molecular formula is C30H26N4O4S2. The summed E-state index contributed by atoms with van der Waals surface area (Å²) in [4.78, 5) is 33.0. The lowest BCUT2D eigenvalue weighted by Crippen LogP contribution is -2.39. The van der Waals surface area contributed by atoms with Gasteiger partial charge in [-0.15, -0.1) is 11.8 Å². The van der Waals surface area contributed by atoms with Crippen LogP contribution >= 0.6 is 23.1 Å². The van der Waals surface area contributed by atoms with Crippen LogP contribution in [0.2, 0.25) is 0 Å². The molecule has 10 heteroatoms. The maximum Gasteiger partial charge on any atom is 0.338 e. The minimum atomic E-state index is -0.692. The maximum absolute atomic E-state index is 13.8. The number of nitrogens with zero attached hydrogens (tertiary/aromatic N) is 4. The van der Waals surface area contributed by atoms with E-state index in [1.807, 2.05) is 60.9 Å². The molecule has 202 valence electrons. The van der Waals surface area contributed by atoms with Crippen molar-refractivity contribution in [3.63, 3.8) is 0 Å². The van der Waals surface area contributed by atoms with E-state index in [-0.39, 0.29) is 17.9 Å². The van der Waals surface area contributed by atoms with Crippen LogP contribution in [0.5, 0.6) is 5.75 Å². The molecule has 0 spiro atoms. The molecule has 0 radical (unpaired) electrons. The number of esters is 1. The number of fused-ring (bicyclic) bond motifs is 1. The van der Waals surface area contributed by atoms with E-state index in [2.05, 4.69) is 15.2 Å². The first-order valence-corrected chi connectivity index (χ1v) is 14.6. The summed E-state index contributed by atoms with van der Waals surface area (Å²) >= 11 is 2.81. The van der Waals surface area contributed by atoms with Crippen molar-refractivity contribution in [2.24, 2.45) is 15.2 Å². The van der Waals surface area contributed by atoms with Crippen molar-refractivity contribution in [3.05, 3.63) is 115 Å². The van der Waals surface area contributed by atoms with Crippen molar-refractivity contribution in [1.29, 1.82) is 0 Å². The van der Waals surface area contributed by atoms with Crippen molar-refractivity contribution < 1.29 is 14.6 Å². The van der Waals surface area contributed by atoms with Gasteiger partial charge in [0.2, 0.25) is 0 Å². The molecule has 1 aromatic heterocycles. The molecule has 1 aliphatic rings. The number of azo groups is 1. The molecular weight excluding hydrogens is 544 g/mol. The lowest BCUT2D eigenvalue weighted by molar-refractivity contribution is -0.139. The summed E-state index contributed by atoms with van der Waals surface area (Å²) in [6, 6.07) is 21.2. The Bertz CT molecular complexity index is 1810. The average Bonchev–Trinajstić information content (AvgIpc) is 3.27. The third-order valence-corrected chi connectivity index (χ3v) is 8.01. The van der Waals surface area contributed by atoms with Crippen LogP contribution in [0.4, 0.5) is 11.4 Å². The Hall–Kier alpha value is -4.28. The lowest BCUT2D eigenvalue weighted by Gasteiger charge is -2.24. The normalized spacial score (nSPS) is 15.3. The second-order valence-corrected chi connectivity index (χ2v) is 10.7. The molecule has 40 heavy (non-hydrogen) atoms. The smallest absolute Gasteiger partial charge is 0.338 e. The maximum atomic E-state index is 13.8. The third-order valence-electron chi connectivity index (χ3n) is 6.29. The number of benzene rings is 3. The number of thiazole rings is 1. The Morgan fingerprint density at radius 2 is 1.82 bits per heavy atom.